The van der Waals surface area contributed by atoms with E-state index in [-0.39, 0.29) is 24.9 Å². The minimum atomic E-state index is -4.41. The minimum absolute atomic E-state index is 0.0803. The third-order valence-electron chi connectivity index (χ3n) is 3.48. The Kier molecular flexibility index (Phi) is 4.04. The molecule has 2 rings (SSSR count). The highest BCUT2D eigenvalue weighted by Crippen LogP contribution is 2.29. The van der Waals surface area contributed by atoms with E-state index in [9.17, 15) is 23.1 Å². The fourth-order valence-corrected chi connectivity index (χ4v) is 2.48. The lowest BCUT2D eigenvalue weighted by Crippen LogP contribution is -2.35. The molecule has 1 aliphatic rings. The summed E-state index contributed by atoms with van der Waals surface area (Å²) in [5.41, 5.74) is -0.421. The zero-order valence-corrected chi connectivity index (χ0v) is 11.0. The molecule has 1 aliphatic heterocycles. The van der Waals surface area contributed by atoms with Crippen molar-refractivity contribution < 1.29 is 23.1 Å². The van der Waals surface area contributed by atoms with E-state index in [0.29, 0.717) is 12.0 Å². The van der Waals surface area contributed by atoms with E-state index in [1.807, 2.05) is 6.92 Å². The number of aliphatic hydroxyl groups is 1. The lowest BCUT2D eigenvalue weighted by molar-refractivity contribution is -0.138. The van der Waals surface area contributed by atoms with Crippen LogP contribution < -0.4 is 0 Å². The first-order valence-electron chi connectivity index (χ1n) is 6.41. The predicted molar refractivity (Wildman–Crippen MR) is 66.9 cm³/mol. The van der Waals surface area contributed by atoms with Gasteiger partial charge in [-0.25, -0.2) is 0 Å². The molecule has 110 valence electrons. The number of aliphatic hydroxyl groups excluding tert-OH is 1. The summed E-state index contributed by atoms with van der Waals surface area (Å²) in [6, 6.07) is 4.70. The number of nitrogens with zero attached hydrogens (tertiary/aromatic N) is 1. The molecule has 0 unspecified atom stereocenters. The molecule has 1 fully saturated rings. The molecule has 1 heterocycles. The van der Waals surface area contributed by atoms with Gasteiger partial charge in [0, 0.05) is 12.6 Å². The average Bonchev–Trinajstić information content (AvgIpc) is 2.68. The normalized spacial score (nSPS) is 23.1. The number of amides is 1. The standard InChI is InChI=1S/C14H16F3NO2/c1-9-5-12(19)8-18(9)13(20)7-10-3-2-4-11(6-10)14(15,16)17/h2-4,6,9,12,19H,5,7-8H2,1H3/t9-,12-/m1/s1. The topological polar surface area (TPSA) is 40.5 Å². The van der Waals surface area contributed by atoms with Crippen molar-refractivity contribution in [3.63, 3.8) is 0 Å². The second-order valence-electron chi connectivity index (χ2n) is 5.16. The van der Waals surface area contributed by atoms with Gasteiger partial charge >= 0.3 is 6.18 Å². The summed E-state index contributed by atoms with van der Waals surface area (Å²) in [4.78, 5) is 13.6. The highest BCUT2D eigenvalue weighted by atomic mass is 19.4. The highest BCUT2D eigenvalue weighted by molar-refractivity contribution is 5.79. The van der Waals surface area contributed by atoms with Crippen molar-refractivity contribution in [3.05, 3.63) is 35.4 Å². The number of hydrogen-bond acceptors (Lipinski definition) is 2. The molecule has 0 saturated carbocycles. The number of carbonyl (C=O) groups is 1. The van der Waals surface area contributed by atoms with E-state index in [1.165, 1.54) is 17.0 Å². The van der Waals surface area contributed by atoms with Gasteiger partial charge in [-0.2, -0.15) is 13.2 Å². The number of carbonyl (C=O) groups excluding carboxylic acids is 1. The molecule has 1 N–H and O–H groups in total. The molecule has 1 amide bonds. The molecule has 1 aromatic carbocycles. The first kappa shape index (κ1) is 14.8. The predicted octanol–water partition coefficient (Wildman–Crippen LogP) is 2.23. The van der Waals surface area contributed by atoms with Gasteiger partial charge < -0.3 is 10.0 Å². The van der Waals surface area contributed by atoms with E-state index in [2.05, 4.69) is 0 Å². The van der Waals surface area contributed by atoms with Crippen molar-refractivity contribution in [1.29, 1.82) is 0 Å². The largest absolute Gasteiger partial charge is 0.416 e. The molecule has 6 heteroatoms. The van der Waals surface area contributed by atoms with Crippen LogP contribution in [0.1, 0.15) is 24.5 Å². The minimum Gasteiger partial charge on any atom is -0.391 e. The maximum atomic E-state index is 12.6. The smallest absolute Gasteiger partial charge is 0.391 e. The van der Waals surface area contributed by atoms with E-state index in [0.717, 1.165) is 12.1 Å². The van der Waals surface area contributed by atoms with E-state index in [4.69, 9.17) is 0 Å². The molecular weight excluding hydrogens is 271 g/mol. The third-order valence-corrected chi connectivity index (χ3v) is 3.48. The Bertz CT molecular complexity index is 501. The maximum absolute atomic E-state index is 12.6. The fourth-order valence-electron chi connectivity index (χ4n) is 2.48. The van der Waals surface area contributed by atoms with Crippen molar-refractivity contribution in [1.82, 2.24) is 4.90 Å². The van der Waals surface area contributed by atoms with Crippen LogP contribution in [0.25, 0.3) is 0 Å². The van der Waals surface area contributed by atoms with Crippen molar-refractivity contribution in [2.75, 3.05) is 6.54 Å². The molecule has 20 heavy (non-hydrogen) atoms. The lowest BCUT2D eigenvalue weighted by atomic mass is 10.1. The molecule has 3 nitrogen and oxygen atoms in total. The van der Waals surface area contributed by atoms with Gasteiger partial charge in [0.15, 0.2) is 0 Å². The monoisotopic (exact) mass is 287 g/mol. The van der Waals surface area contributed by atoms with Crippen LogP contribution in [0.4, 0.5) is 13.2 Å². The summed E-state index contributed by atoms with van der Waals surface area (Å²) in [5.74, 6) is -0.256. The number of hydrogen-bond donors (Lipinski definition) is 1. The molecule has 1 aromatic rings. The van der Waals surface area contributed by atoms with E-state index < -0.39 is 17.8 Å². The lowest BCUT2D eigenvalue weighted by Gasteiger charge is -2.21. The average molecular weight is 287 g/mol. The Labute approximate surface area is 115 Å². The Morgan fingerprint density at radius 2 is 2.15 bits per heavy atom. The highest BCUT2D eigenvalue weighted by Gasteiger charge is 2.32. The third kappa shape index (κ3) is 3.30. The number of likely N-dealkylation sites (tertiary alicyclic amines) is 1. The summed E-state index contributed by atoms with van der Waals surface area (Å²) < 4.78 is 37.8. The Morgan fingerprint density at radius 3 is 2.70 bits per heavy atom. The van der Waals surface area contributed by atoms with Gasteiger partial charge in [0.25, 0.3) is 0 Å². The van der Waals surface area contributed by atoms with Gasteiger partial charge in [0.1, 0.15) is 0 Å². The molecule has 0 aliphatic carbocycles. The second kappa shape index (κ2) is 5.44. The molecule has 0 radical (unpaired) electrons. The number of rotatable bonds is 2. The quantitative estimate of drug-likeness (QED) is 0.906. The van der Waals surface area contributed by atoms with Crippen LogP contribution in [0.5, 0.6) is 0 Å². The molecule has 0 bridgehead atoms. The Morgan fingerprint density at radius 1 is 1.45 bits per heavy atom. The van der Waals surface area contributed by atoms with Crippen molar-refractivity contribution in [3.8, 4) is 0 Å². The fraction of sp³-hybridized carbons (Fsp3) is 0.500. The zero-order valence-electron chi connectivity index (χ0n) is 11.0. The molecule has 1 saturated heterocycles. The first-order chi connectivity index (χ1) is 9.27. The van der Waals surface area contributed by atoms with E-state index in [1.54, 1.807) is 0 Å². The van der Waals surface area contributed by atoms with Crippen LogP contribution in [0.3, 0.4) is 0 Å². The van der Waals surface area contributed by atoms with Gasteiger partial charge in [0.05, 0.1) is 18.1 Å². The van der Waals surface area contributed by atoms with Gasteiger partial charge in [0.2, 0.25) is 5.91 Å². The number of β-amino-alcohol motifs (C(OH)–C–C–N with tert-alkyl or cyclic N) is 1. The number of halogens is 3. The van der Waals surface area contributed by atoms with Crippen LogP contribution in [0, 0.1) is 0 Å². The molecule has 0 aromatic heterocycles. The van der Waals surface area contributed by atoms with E-state index >= 15 is 0 Å². The maximum Gasteiger partial charge on any atom is 0.416 e. The summed E-state index contributed by atoms with van der Waals surface area (Å²) in [6.45, 7) is 2.07. The summed E-state index contributed by atoms with van der Waals surface area (Å²) >= 11 is 0. The van der Waals surface area contributed by atoms with Gasteiger partial charge in [-0.1, -0.05) is 18.2 Å². The van der Waals surface area contributed by atoms with Gasteiger partial charge in [-0.05, 0) is 25.0 Å². The SMILES string of the molecule is C[C@@H]1C[C@@H](O)CN1C(=O)Cc1cccc(C(F)(F)F)c1. The molecular formula is C14H16F3NO2. The van der Waals surface area contributed by atoms with Crippen molar-refractivity contribution >= 4 is 5.91 Å². The van der Waals surface area contributed by atoms with Crippen LogP contribution in [0.2, 0.25) is 0 Å². The summed E-state index contributed by atoms with van der Waals surface area (Å²) in [7, 11) is 0. The number of alkyl halides is 3. The summed E-state index contributed by atoms with van der Waals surface area (Å²) in [5, 5.41) is 9.49. The molecule has 2 atom stereocenters. The van der Waals surface area contributed by atoms with Crippen LogP contribution >= 0.6 is 0 Å². The Balaban J connectivity index is 2.09. The van der Waals surface area contributed by atoms with Gasteiger partial charge in [-0.3, -0.25) is 4.79 Å². The van der Waals surface area contributed by atoms with Crippen molar-refractivity contribution in [2.45, 2.75) is 38.1 Å². The van der Waals surface area contributed by atoms with Crippen molar-refractivity contribution in [2.24, 2.45) is 0 Å². The van der Waals surface area contributed by atoms with Crippen LogP contribution in [-0.4, -0.2) is 34.6 Å². The zero-order chi connectivity index (χ0) is 14.9. The first-order valence-corrected chi connectivity index (χ1v) is 6.41. The Hall–Kier alpha value is -1.56. The second-order valence-corrected chi connectivity index (χ2v) is 5.16. The van der Waals surface area contributed by atoms with Crippen LogP contribution in [-0.2, 0) is 17.4 Å². The summed E-state index contributed by atoms with van der Waals surface area (Å²) in [6.07, 6.45) is -4.53. The molecule has 0 spiro atoms. The van der Waals surface area contributed by atoms with Crippen LogP contribution in [0.15, 0.2) is 24.3 Å². The number of benzene rings is 1. The van der Waals surface area contributed by atoms with Gasteiger partial charge in [-0.15, -0.1) is 0 Å².